The summed E-state index contributed by atoms with van der Waals surface area (Å²) in [6.45, 7) is 6.17. The van der Waals surface area contributed by atoms with Gasteiger partial charge >= 0.3 is 7.60 Å². The second kappa shape index (κ2) is 16.2. The molecule has 0 atom stereocenters. The molecule has 1 aliphatic heterocycles. The lowest BCUT2D eigenvalue weighted by molar-refractivity contribution is -0.133. The summed E-state index contributed by atoms with van der Waals surface area (Å²) in [5, 5.41) is 0.543. The number of carbonyl (C=O) groups excluding carboxylic acids is 2. The minimum atomic E-state index is -3.16. The molecule has 15 heteroatoms. The smallest absolute Gasteiger partial charge is 0.344 e. The first kappa shape index (κ1) is 38.1. The highest BCUT2D eigenvalue weighted by molar-refractivity contribution is 7.53. The summed E-state index contributed by atoms with van der Waals surface area (Å²) in [6, 6.07) is 14.1. The number of piperidine rings is 1. The quantitative estimate of drug-likeness (QED) is 0.0900. The Morgan fingerprint density at radius 2 is 1.60 bits per heavy atom. The van der Waals surface area contributed by atoms with E-state index >= 15 is 4.39 Å². The summed E-state index contributed by atoms with van der Waals surface area (Å²) in [6.07, 6.45) is 4.02. The number of nitrogens with two attached hydrogens (primary N) is 1. The van der Waals surface area contributed by atoms with E-state index in [1.54, 1.807) is 32.0 Å². The van der Waals surface area contributed by atoms with Gasteiger partial charge in [-0.3, -0.25) is 28.9 Å². The molecule has 2 aliphatic rings. The highest BCUT2D eigenvalue weighted by Gasteiger charge is 2.57. The average molecular weight is 753 g/mol. The van der Waals surface area contributed by atoms with Crippen LogP contribution in [0.4, 0.5) is 20.2 Å². The molecule has 0 spiro atoms. The molecule has 0 bridgehead atoms. The molecule has 2 N–H and O–H groups in total. The molecular weight excluding hydrogens is 709 g/mol. The summed E-state index contributed by atoms with van der Waals surface area (Å²) >= 11 is 0. The summed E-state index contributed by atoms with van der Waals surface area (Å²) in [7, 11) is -1.64. The number of rotatable bonds is 16. The number of aromatic nitrogens is 1. The van der Waals surface area contributed by atoms with Crippen LogP contribution in [0.15, 0.2) is 66.9 Å². The number of pyridine rings is 1. The van der Waals surface area contributed by atoms with Crippen molar-refractivity contribution in [2.24, 2.45) is 17.1 Å². The fourth-order valence-corrected chi connectivity index (χ4v) is 8.26. The van der Waals surface area contributed by atoms with Gasteiger partial charge in [0.25, 0.3) is 0 Å². The van der Waals surface area contributed by atoms with Crippen LogP contribution in [0.2, 0.25) is 0 Å². The maximum absolute atomic E-state index is 15.8. The molecule has 1 saturated heterocycles. The van der Waals surface area contributed by atoms with Gasteiger partial charge in [-0.05, 0) is 107 Å². The molecule has 3 aromatic carbocycles. The molecule has 0 radical (unpaired) electrons. The summed E-state index contributed by atoms with van der Waals surface area (Å²) in [5.74, 6) is -1.33. The number of hydrogen-bond acceptors (Lipinski definition) is 10. The number of amides is 2. The van der Waals surface area contributed by atoms with Gasteiger partial charge in [0.1, 0.15) is 23.3 Å². The third kappa shape index (κ3) is 8.46. The van der Waals surface area contributed by atoms with Gasteiger partial charge in [-0.1, -0.05) is 0 Å². The number of anilines is 2. The lowest BCUT2D eigenvalue weighted by Crippen LogP contribution is -2.41. The molecule has 1 saturated carbocycles. The Morgan fingerprint density at radius 3 is 2.21 bits per heavy atom. The zero-order chi connectivity index (χ0) is 37.8. The van der Waals surface area contributed by atoms with Crippen molar-refractivity contribution in [3.8, 4) is 23.0 Å². The predicted molar refractivity (Wildman–Crippen MR) is 195 cm³/mol. The second-order valence-corrected chi connectivity index (χ2v) is 15.1. The van der Waals surface area contributed by atoms with Crippen molar-refractivity contribution >= 4 is 41.7 Å². The molecule has 2 heterocycles. The molecule has 12 nitrogen and oxygen atoms in total. The standard InChI is InChI=1S/C38H43F2N4O8P/c1-4-50-53(47,51-5-2)24-43-18-13-25(14-19-43)23-49-35-22-31-29(21-34(35)48-3)32(12-17-42-31)52-33-11-10-28(20-30(33)40)44(27-8-6-26(39)7-9-27)37(46)38(15-16-38)36(41)45/h6-12,17,20-22,25H,4-5,13-16,18-19,23-24H2,1-3H3,(H2,41,45). The maximum Gasteiger partial charge on any atom is 0.344 e. The predicted octanol–water partition coefficient (Wildman–Crippen LogP) is 7.56. The van der Waals surface area contributed by atoms with Crippen molar-refractivity contribution in [2.75, 3.05) is 51.2 Å². The number of ether oxygens (including phenoxy) is 3. The van der Waals surface area contributed by atoms with Crippen molar-refractivity contribution in [3.05, 3.63) is 78.5 Å². The van der Waals surface area contributed by atoms with E-state index in [1.165, 1.54) is 54.6 Å². The number of likely N-dealkylation sites (tertiary alicyclic amines) is 1. The monoisotopic (exact) mass is 752 g/mol. The van der Waals surface area contributed by atoms with Gasteiger partial charge in [0.2, 0.25) is 11.8 Å². The second-order valence-electron chi connectivity index (χ2n) is 13.1. The number of primary amides is 1. The number of benzene rings is 3. The first-order valence-electron chi connectivity index (χ1n) is 17.6. The molecular formula is C38H43F2N4O8P. The maximum atomic E-state index is 15.8. The van der Waals surface area contributed by atoms with E-state index in [1.807, 2.05) is 0 Å². The Bertz CT molecular complexity index is 1990. The van der Waals surface area contributed by atoms with Gasteiger partial charge < -0.3 is 29.0 Å². The lowest BCUT2D eigenvalue weighted by Gasteiger charge is -2.33. The fourth-order valence-electron chi connectivity index (χ4n) is 6.46. The fraction of sp³-hybridized carbons (Fsp3) is 0.395. The summed E-state index contributed by atoms with van der Waals surface area (Å²) in [4.78, 5) is 33.6. The van der Waals surface area contributed by atoms with Gasteiger partial charge in [-0.25, -0.2) is 8.78 Å². The van der Waals surface area contributed by atoms with E-state index in [-0.39, 0.29) is 42.2 Å². The molecule has 6 rings (SSSR count). The molecule has 2 fully saturated rings. The van der Waals surface area contributed by atoms with Crippen molar-refractivity contribution in [3.63, 3.8) is 0 Å². The third-order valence-corrected chi connectivity index (χ3v) is 11.6. The van der Waals surface area contributed by atoms with Crippen LogP contribution < -0.4 is 24.8 Å². The number of methoxy groups -OCH3 is 1. The van der Waals surface area contributed by atoms with Crippen LogP contribution in [0.3, 0.4) is 0 Å². The molecule has 4 aromatic rings. The molecule has 282 valence electrons. The van der Waals surface area contributed by atoms with Crippen molar-refractivity contribution < 1.29 is 46.2 Å². The number of halogens is 2. The zero-order valence-electron chi connectivity index (χ0n) is 29.9. The molecule has 53 heavy (non-hydrogen) atoms. The molecule has 1 aromatic heterocycles. The van der Waals surface area contributed by atoms with Crippen LogP contribution in [-0.4, -0.2) is 68.0 Å². The first-order chi connectivity index (χ1) is 25.5. The highest BCUT2D eigenvalue weighted by atomic mass is 31.2. The van der Waals surface area contributed by atoms with Crippen LogP contribution in [0.25, 0.3) is 10.9 Å². The minimum absolute atomic E-state index is 0.115. The van der Waals surface area contributed by atoms with Crippen LogP contribution in [0.1, 0.15) is 39.5 Å². The van der Waals surface area contributed by atoms with Crippen LogP contribution in [0.5, 0.6) is 23.0 Å². The number of carbonyl (C=O) groups is 2. The Hall–Kier alpha value is -4.62. The number of hydrogen-bond donors (Lipinski definition) is 1. The van der Waals surface area contributed by atoms with Crippen LogP contribution in [0, 0.1) is 23.0 Å². The first-order valence-corrected chi connectivity index (χ1v) is 19.3. The molecule has 2 amide bonds. The summed E-state index contributed by atoms with van der Waals surface area (Å²) < 4.78 is 71.3. The van der Waals surface area contributed by atoms with Gasteiger partial charge in [0.15, 0.2) is 23.1 Å². The van der Waals surface area contributed by atoms with E-state index in [0.717, 1.165) is 32.0 Å². The zero-order valence-corrected chi connectivity index (χ0v) is 30.8. The van der Waals surface area contributed by atoms with Crippen LogP contribution >= 0.6 is 7.60 Å². The Labute approximate surface area is 306 Å². The Morgan fingerprint density at radius 1 is 0.925 bits per heavy atom. The number of nitrogens with zero attached hydrogens (tertiary/aromatic N) is 3. The normalized spacial score (nSPS) is 15.9. The van der Waals surface area contributed by atoms with Crippen molar-refractivity contribution in [2.45, 2.75) is 39.5 Å². The van der Waals surface area contributed by atoms with E-state index in [9.17, 15) is 18.5 Å². The highest BCUT2D eigenvalue weighted by Crippen LogP contribution is 2.50. The molecule has 1 aliphatic carbocycles. The average Bonchev–Trinajstić information content (AvgIpc) is 3.96. The van der Waals surface area contributed by atoms with Gasteiger partial charge in [-0.2, -0.15) is 0 Å². The summed E-state index contributed by atoms with van der Waals surface area (Å²) in [5.41, 5.74) is 5.06. The van der Waals surface area contributed by atoms with Crippen LogP contribution in [-0.2, 0) is 23.2 Å². The van der Waals surface area contributed by atoms with E-state index < -0.39 is 36.5 Å². The Balaban J connectivity index is 1.16. The largest absolute Gasteiger partial charge is 0.493 e. The van der Waals surface area contributed by atoms with E-state index in [2.05, 4.69) is 9.88 Å². The Kier molecular flexibility index (Phi) is 11.6. The third-order valence-electron chi connectivity index (χ3n) is 9.51. The van der Waals surface area contributed by atoms with Crippen molar-refractivity contribution in [1.82, 2.24) is 9.88 Å². The van der Waals surface area contributed by atoms with Gasteiger partial charge in [0, 0.05) is 29.4 Å². The number of fused-ring (bicyclic) bond motifs is 1. The molecule has 0 unspecified atom stereocenters. The van der Waals surface area contributed by atoms with E-state index in [0.29, 0.717) is 48.0 Å². The van der Waals surface area contributed by atoms with Gasteiger partial charge in [0.05, 0.1) is 38.1 Å². The SMILES string of the molecule is CCOP(=O)(CN1CCC(COc2cc3nccc(Oc4ccc(N(C(=O)C5(C(N)=O)CC5)c5ccc(F)cc5)cc4F)c3cc2OC)CC1)OCC. The van der Waals surface area contributed by atoms with Crippen molar-refractivity contribution in [1.29, 1.82) is 0 Å². The minimum Gasteiger partial charge on any atom is -0.493 e. The van der Waals surface area contributed by atoms with Gasteiger partial charge in [-0.15, -0.1) is 0 Å². The van der Waals surface area contributed by atoms with E-state index in [4.69, 9.17) is 29.0 Å². The lowest BCUT2D eigenvalue weighted by atomic mass is 9.98. The topological polar surface area (TPSA) is 143 Å².